The summed E-state index contributed by atoms with van der Waals surface area (Å²) in [5, 5.41) is 12.4. The number of aliphatic carboxylic acids is 1. The highest BCUT2D eigenvalue weighted by atomic mass is 32.2. The van der Waals surface area contributed by atoms with Gasteiger partial charge in [-0.3, -0.25) is 4.79 Å². The van der Waals surface area contributed by atoms with Crippen molar-refractivity contribution in [3.05, 3.63) is 0 Å². The van der Waals surface area contributed by atoms with Crippen molar-refractivity contribution < 1.29 is 9.90 Å². The lowest BCUT2D eigenvalue weighted by atomic mass is 9.87. The number of thioether (sulfide) groups is 1. The highest BCUT2D eigenvalue weighted by Gasteiger charge is 2.32. The SMILES string of the molecule is CSC1(CNCC(C)(C)C(=O)O)CCCCC1. The molecular formula is C13H25NO2S. The molecule has 0 aromatic rings. The van der Waals surface area contributed by atoms with Gasteiger partial charge >= 0.3 is 5.97 Å². The second-order valence-electron chi connectivity index (χ2n) is 5.74. The van der Waals surface area contributed by atoms with Crippen LogP contribution in [0.3, 0.4) is 0 Å². The van der Waals surface area contributed by atoms with Crippen LogP contribution >= 0.6 is 11.8 Å². The zero-order valence-electron chi connectivity index (χ0n) is 11.2. The van der Waals surface area contributed by atoms with Crippen molar-refractivity contribution in [1.82, 2.24) is 5.32 Å². The quantitative estimate of drug-likeness (QED) is 0.770. The van der Waals surface area contributed by atoms with Gasteiger partial charge in [-0.15, -0.1) is 0 Å². The summed E-state index contributed by atoms with van der Waals surface area (Å²) in [6.45, 7) is 5.03. The predicted molar refractivity (Wildman–Crippen MR) is 73.6 cm³/mol. The minimum absolute atomic E-state index is 0.340. The fraction of sp³-hybridized carbons (Fsp3) is 0.923. The van der Waals surface area contributed by atoms with Crippen LogP contribution in [0, 0.1) is 5.41 Å². The third-order valence-corrected chi connectivity index (χ3v) is 5.21. The zero-order valence-corrected chi connectivity index (χ0v) is 12.0. The Balaban J connectivity index is 2.40. The van der Waals surface area contributed by atoms with Gasteiger partial charge in [0.2, 0.25) is 0 Å². The van der Waals surface area contributed by atoms with E-state index in [-0.39, 0.29) is 0 Å². The largest absolute Gasteiger partial charge is 0.481 e. The molecule has 1 saturated carbocycles. The van der Waals surface area contributed by atoms with Crippen LogP contribution in [0.1, 0.15) is 46.0 Å². The maximum absolute atomic E-state index is 11.0. The van der Waals surface area contributed by atoms with E-state index in [1.165, 1.54) is 32.1 Å². The summed E-state index contributed by atoms with van der Waals surface area (Å²) in [7, 11) is 0. The molecule has 4 heteroatoms. The van der Waals surface area contributed by atoms with E-state index in [9.17, 15) is 4.79 Å². The number of nitrogens with one attached hydrogen (secondary N) is 1. The maximum Gasteiger partial charge on any atom is 0.310 e. The van der Waals surface area contributed by atoms with Crippen LogP contribution in [0.4, 0.5) is 0 Å². The van der Waals surface area contributed by atoms with Gasteiger partial charge in [0.1, 0.15) is 0 Å². The molecule has 17 heavy (non-hydrogen) atoms. The first-order chi connectivity index (χ1) is 7.92. The molecule has 1 aliphatic rings. The number of carboxylic acids is 1. The van der Waals surface area contributed by atoms with Crippen LogP contribution in [-0.2, 0) is 4.79 Å². The minimum Gasteiger partial charge on any atom is -0.481 e. The lowest BCUT2D eigenvalue weighted by Crippen LogP contribution is -2.44. The summed E-state index contributed by atoms with van der Waals surface area (Å²) < 4.78 is 0.340. The van der Waals surface area contributed by atoms with Crippen LogP contribution in [0.25, 0.3) is 0 Å². The molecule has 0 saturated heterocycles. The Morgan fingerprint density at radius 3 is 2.41 bits per heavy atom. The van der Waals surface area contributed by atoms with Crippen LogP contribution in [0.5, 0.6) is 0 Å². The highest BCUT2D eigenvalue weighted by molar-refractivity contribution is 8.00. The van der Waals surface area contributed by atoms with Crippen molar-refractivity contribution in [1.29, 1.82) is 0 Å². The van der Waals surface area contributed by atoms with Crippen molar-refractivity contribution in [2.75, 3.05) is 19.3 Å². The number of rotatable bonds is 6. The number of hydrogen-bond acceptors (Lipinski definition) is 3. The lowest BCUT2D eigenvalue weighted by molar-refractivity contribution is -0.146. The Morgan fingerprint density at radius 1 is 1.35 bits per heavy atom. The van der Waals surface area contributed by atoms with E-state index in [1.807, 2.05) is 11.8 Å². The summed E-state index contributed by atoms with van der Waals surface area (Å²) in [6.07, 6.45) is 8.66. The minimum atomic E-state index is -0.730. The van der Waals surface area contributed by atoms with E-state index >= 15 is 0 Å². The molecule has 0 aromatic heterocycles. The molecule has 0 atom stereocenters. The fourth-order valence-corrected chi connectivity index (χ4v) is 3.27. The molecule has 0 amide bonds. The highest BCUT2D eigenvalue weighted by Crippen LogP contribution is 2.38. The van der Waals surface area contributed by atoms with Crippen LogP contribution in [0.15, 0.2) is 0 Å². The molecule has 2 N–H and O–H groups in total. The van der Waals surface area contributed by atoms with Crippen molar-refractivity contribution in [2.24, 2.45) is 5.41 Å². The third kappa shape index (κ3) is 4.18. The smallest absolute Gasteiger partial charge is 0.310 e. The van der Waals surface area contributed by atoms with E-state index in [0.717, 1.165) is 6.54 Å². The summed E-state index contributed by atoms with van der Waals surface area (Å²) >= 11 is 1.94. The molecule has 3 nitrogen and oxygen atoms in total. The molecule has 100 valence electrons. The van der Waals surface area contributed by atoms with Gasteiger partial charge in [-0.1, -0.05) is 19.3 Å². The molecule has 0 heterocycles. The van der Waals surface area contributed by atoms with Gasteiger partial charge in [0, 0.05) is 17.8 Å². The van der Waals surface area contributed by atoms with Crippen molar-refractivity contribution in [2.45, 2.75) is 50.7 Å². The van der Waals surface area contributed by atoms with E-state index in [4.69, 9.17) is 5.11 Å². The number of carboxylic acid groups (broad SMARTS) is 1. The first kappa shape index (κ1) is 14.8. The molecule has 1 fully saturated rings. The van der Waals surface area contributed by atoms with Crippen molar-refractivity contribution in [3.8, 4) is 0 Å². The van der Waals surface area contributed by atoms with Crippen molar-refractivity contribution in [3.63, 3.8) is 0 Å². The first-order valence-corrected chi connectivity index (χ1v) is 7.64. The summed E-state index contributed by atoms with van der Waals surface area (Å²) in [5.74, 6) is -0.730. The van der Waals surface area contributed by atoms with Crippen molar-refractivity contribution >= 4 is 17.7 Å². The topological polar surface area (TPSA) is 49.3 Å². The number of hydrogen-bond donors (Lipinski definition) is 2. The normalized spacial score (nSPS) is 20.2. The van der Waals surface area contributed by atoms with Gasteiger partial charge in [0.05, 0.1) is 5.41 Å². The zero-order chi connectivity index (χ0) is 12.9. The second-order valence-corrected chi connectivity index (χ2v) is 7.01. The molecule has 0 radical (unpaired) electrons. The Morgan fingerprint density at radius 2 is 1.94 bits per heavy atom. The molecule has 1 rings (SSSR count). The van der Waals surface area contributed by atoms with Gasteiger partial charge in [-0.25, -0.2) is 0 Å². The molecule has 0 bridgehead atoms. The van der Waals surface area contributed by atoms with Gasteiger partial charge in [-0.05, 0) is 32.9 Å². The summed E-state index contributed by atoms with van der Waals surface area (Å²) in [4.78, 5) is 11.0. The maximum atomic E-state index is 11.0. The van der Waals surface area contributed by atoms with Gasteiger partial charge < -0.3 is 10.4 Å². The van der Waals surface area contributed by atoms with Crippen LogP contribution in [0.2, 0.25) is 0 Å². The Bertz CT molecular complexity index is 260. The van der Waals surface area contributed by atoms with E-state index in [1.54, 1.807) is 13.8 Å². The fourth-order valence-electron chi connectivity index (χ4n) is 2.33. The molecule has 0 aliphatic heterocycles. The van der Waals surface area contributed by atoms with Crippen LogP contribution in [-0.4, -0.2) is 35.2 Å². The lowest BCUT2D eigenvalue weighted by Gasteiger charge is -2.36. The second kappa shape index (κ2) is 6.10. The third-order valence-electron chi connectivity index (χ3n) is 3.79. The van der Waals surface area contributed by atoms with E-state index < -0.39 is 11.4 Å². The van der Waals surface area contributed by atoms with Gasteiger partial charge in [0.15, 0.2) is 0 Å². The standard InChI is InChI=1S/C13H25NO2S/c1-12(2,11(15)16)9-14-10-13(17-3)7-5-4-6-8-13/h14H,4-10H2,1-3H3,(H,15,16). The first-order valence-electron chi connectivity index (χ1n) is 6.41. The summed E-state index contributed by atoms with van der Waals surface area (Å²) in [6, 6.07) is 0. The predicted octanol–water partition coefficient (Wildman–Crippen LogP) is 2.75. The monoisotopic (exact) mass is 259 g/mol. The average Bonchev–Trinajstić information content (AvgIpc) is 2.30. The number of carbonyl (C=O) groups is 1. The van der Waals surface area contributed by atoms with E-state index in [2.05, 4.69) is 11.6 Å². The molecule has 0 aromatic carbocycles. The average molecular weight is 259 g/mol. The van der Waals surface area contributed by atoms with E-state index in [0.29, 0.717) is 11.3 Å². The van der Waals surface area contributed by atoms with Gasteiger partial charge in [-0.2, -0.15) is 11.8 Å². The molecule has 1 aliphatic carbocycles. The molecule has 0 spiro atoms. The molecular weight excluding hydrogens is 234 g/mol. The van der Waals surface area contributed by atoms with Gasteiger partial charge in [0.25, 0.3) is 0 Å². The Kier molecular flexibility index (Phi) is 5.32. The molecule has 0 unspecified atom stereocenters. The Hall–Kier alpha value is -0.220. The summed E-state index contributed by atoms with van der Waals surface area (Å²) in [5.41, 5.74) is -0.672. The van der Waals surface area contributed by atoms with Crippen LogP contribution < -0.4 is 5.32 Å². The Labute approximate surface area is 109 Å².